The van der Waals surface area contributed by atoms with Gasteiger partial charge in [0.2, 0.25) is 0 Å². The number of aromatic nitrogens is 1. The fourth-order valence-corrected chi connectivity index (χ4v) is 2.77. The van der Waals surface area contributed by atoms with Crippen LogP contribution in [0.1, 0.15) is 42.9 Å². The Labute approximate surface area is 147 Å². The van der Waals surface area contributed by atoms with Crippen LogP contribution in [0.15, 0.2) is 42.6 Å². The standard InChI is InChI=1S/C19H24FNO4/c1-5-24-19(23-4,25-6-2)18(22)17-16(20)12-13-21(17)14(3)15-10-8-7-9-11-15/h7-14H,5-6H2,1-4H3/t14-/m1/s1. The van der Waals surface area contributed by atoms with E-state index in [9.17, 15) is 9.18 Å². The number of ketones is 1. The molecule has 0 radical (unpaired) electrons. The predicted octanol–water partition coefficient (Wildman–Crippen LogP) is 3.79. The SMILES string of the molecule is CCOC(OC)(OCC)C(=O)c1c(F)ccn1[C@H](C)c1ccccc1. The molecule has 0 N–H and O–H groups in total. The van der Waals surface area contributed by atoms with E-state index in [1.54, 1.807) is 24.6 Å². The molecule has 6 heteroatoms. The Hall–Kier alpha value is -2.02. The molecule has 1 aromatic carbocycles. The van der Waals surface area contributed by atoms with E-state index in [0.29, 0.717) is 0 Å². The molecule has 0 unspecified atom stereocenters. The van der Waals surface area contributed by atoms with E-state index >= 15 is 0 Å². The highest BCUT2D eigenvalue weighted by atomic mass is 19.1. The predicted molar refractivity (Wildman–Crippen MR) is 92.0 cm³/mol. The summed E-state index contributed by atoms with van der Waals surface area (Å²) in [6, 6.07) is 10.5. The average Bonchev–Trinajstić information content (AvgIpc) is 3.02. The topological polar surface area (TPSA) is 49.7 Å². The monoisotopic (exact) mass is 349 g/mol. The molecule has 0 bridgehead atoms. The van der Waals surface area contributed by atoms with Crippen LogP contribution in [0, 0.1) is 5.82 Å². The molecular formula is C19H24FNO4. The minimum atomic E-state index is -1.96. The molecule has 25 heavy (non-hydrogen) atoms. The van der Waals surface area contributed by atoms with Gasteiger partial charge < -0.3 is 18.8 Å². The van der Waals surface area contributed by atoms with Crippen LogP contribution in [0.3, 0.4) is 0 Å². The lowest BCUT2D eigenvalue weighted by Crippen LogP contribution is -2.47. The molecule has 0 aliphatic rings. The Morgan fingerprint density at radius 2 is 1.76 bits per heavy atom. The first-order valence-electron chi connectivity index (χ1n) is 8.29. The van der Waals surface area contributed by atoms with Crippen LogP contribution in [0.5, 0.6) is 0 Å². The van der Waals surface area contributed by atoms with Crippen molar-refractivity contribution in [2.75, 3.05) is 20.3 Å². The van der Waals surface area contributed by atoms with Crippen LogP contribution in [0.2, 0.25) is 0 Å². The molecule has 0 aliphatic heterocycles. The molecule has 0 spiro atoms. The number of rotatable bonds is 9. The maximum Gasteiger partial charge on any atom is 0.353 e. The molecule has 2 aromatic rings. The minimum absolute atomic E-state index is 0.139. The van der Waals surface area contributed by atoms with Crippen molar-refractivity contribution in [1.29, 1.82) is 0 Å². The summed E-state index contributed by atoms with van der Waals surface area (Å²) in [7, 11) is 1.30. The van der Waals surface area contributed by atoms with Gasteiger partial charge in [0.05, 0.1) is 19.3 Å². The van der Waals surface area contributed by atoms with Gasteiger partial charge in [0, 0.05) is 13.3 Å². The zero-order valence-corrected chi connectivity index (χ0v) is 15.0. The van der Waals surface area contributed by atoms with Crippen molar-refractivity contribution in [1.82, 2.24) is 4.57 Å². The third-order valence-electron chi connectivity index (χ3n) is 4.00. The van der Waals surface area contributed by atoms with Crippen LogP contribution in [-0.2, 0) is 14.2 Å². The van der Waals surface area contributed by atoms with E-state index in [1.807, 2.05) is 37.3 Å². The lowest BCUT2D eigenvalue weighted by atomic mass is 10.1. The number of hydrogen-bond donors (Lipinski definition) is 0. The summed E-state index contributed by atoms with van der Waals surface area (Å²) >= 11 is 0. The van der Waals surface area contributed by atoms with Gasteiger partial charge in [0.15, 0.2) is 5.82 Å². The Kier molecular flexibility index (Phi) is 6.47. The summed E-state index contributed by atoms with van der Waals surface area (Å²) < 4.78 is 32.1. The Morgan fingerprint density at radius 1 is 1.16 bits per heavy atom. The number of halogens is 1. The summed E-state index contributed by atoms with van der Waals surface area (Å²) in [5.41, 5.74) is 0.808. The van der Waals surface area contributed by atoms with Crippen molar-refractivity contribution in [2.24, 2.45) is 0 Å². The summed E-state index contributed by atoms with van der Waals surface area (Å²) in [5.74, 6) is -3.31. The smallest absolute Gasteiger partial charge is 0.335 e. The van der Waals surface area contributed by atoms with Gasteiger partial charge in [-0.1, -0.05) is 30.3 Å². The highest BCUT2D eigenvalue weighted by Gasteiger charge is 2.45. The molecule has 1 atom stereocenters. The number of Topliss-reactive ketones (excluding diaryl/α,β-unsaturated/α-hetero) is 1. The summed E-state index contributed by atoms with van der Waals surface area (Å²) in [5, 5.41) is 0. The molecule has 1 heterocycles. The lowest BCUT2D eigenvalue weighted by molar-refractivity contribution is -0.330. The summed E-state index contributed by atoms with van der Waals surface area (Å²) in [4.78, 5) is 13.1. The fourth-order valence-electron chi connectivity index (χ4n) is 2.77. The Bertz CT molecular complexity index is 693. The lowest BCUT2D eigenvalue weighted by Gasteiger charge is -2.30. The average molecular weight is 349 g/mol. The summed E-state index contributed by atoms with van der Waals surface area (Å²) in [6.07, 6.45) is 1.54. The van der Waals surface area contributed by atoms with Crippen LogP contribution in [0.4, 0.5) is 4.39 Å². The maximum absolute atomic E-state index is 14.5. The van der Waals surface area contributed by atoms with Crippen molar-refractivity contribution in [3.05, 3.63) is 59.7 Å². The van der Waals surface area contributed by atoms with Gasteiger partial charge in [-0.15, -0.1) is 0 Å². The Morgan fingerprint density at radius 3 is 2.28 bits per heavy atom. The number of carbonyl (C=O) groups is 1. The molecule has 0 aliphatic carbocycles. The van der Waals surface area contributed by atoms with Crippen molar-refractivity contribution in [2.45, 2.75) is 32.8 Å². The van der Waals surface area contributed by atoms with Gasteiger partial charge in [-0.25, -0.2) is 4.39 Å². The molecule has 0 amide bonds. The van der Waals surface area contributed by atoms with Gasteiger partial charge in [0.1, 0.15) is 5.69 Å². The van der Waals surface area contributed by atoms with Crippen molar-refractivity contribution >= 4 is 5.78 Å². The number of nitrogens with zero attached hydrogens (tertiary/aromatic N) is 1. The number of methoxy groups -OCH3 is 1. The zero-order valence-electron chi connectivity index (χ0n) is 15.0. The quantitative estimate of drug-likeness (QED) is 0.510. The van der Waals surface area contributed by atoms with E-state index in [2.05, 4.69) is 0 Å². The normalized spacial score (nSPS) is 13.0. The number of ether oxygens (including phenoxy) is 3. The van der Waals surface area contributed by atoms with E-state index < -0.39 is 17.6 Å². The van der Waals surface area contributed by atoms with E-state index in [-0.39, 0.29) is 24.9 Å². The highest BCUT2D eigenvalue weighted by Crippen LogP contribution is 2.28. The third-order valence-corrected chi connectivity index (χ3v) is 4.00. The fraction of sp³-hybridized carbons (Fsp3) is 0.421. The second-order valence-electron chi connectivity index (χ2n) is 5.46. The third kappa shape index (κ3) is 3.81. The summed E-state index contributed by atoms with van der Waals surface area (Å²) in [6.45, 7) is 5.66. The minimum Gasteiger partial charge on any atom is -0.335 e. The van der Waals surface area contributed by atoms with Gasteiger partial charge in [-0.05, 0) is 32.4 Å². The van der Waals surface area contributed by atoms with Crippen molar-refractivity contribution < 1.29 is 23.4 Å². The molecular weight excluding hydrogens is 325 g/mol. The first kappa shape index (κ1) is 19.3. The molecule has 136 valence electrons. The number of carbonyl (C=O) groups excluding carboxylic acids is 1. The first-order chi connectivity index (χ1) is 12.0. The zero-order chi connectivity index (χ0) is 18.4. The van der Waals surface area contributed by atoms with E-state index in [0.717, 1.165) is 5.56 Å². The maximum atomic E-state index is 14.5. The molecule has 5 nitrogen and oxygen atoms in total. The first-order valence-corrected chi connectivity index (χ1v) is 8.29. The van der Waals surface area contributed by atoms with E-state index in [4.69, 9.17) is 14.2 Å². The second-order valence-corrected chi connectivity index (χ2v) is 5.46. The van der Waals surface area contributed by atoms with Gasteiger partial charge in [0.25, 0.3) is 5.78 Å². The largest absolute Gasteiger partial charge is 0.353 e. The van der Waals surface area contributed by atoms with Gasteiger partial charge in [-0.3, -0.25) is 4.79 Å². The van der Waals surface area contributed by atoms with Crippen LogP contribution in [0.25, 0.3) is 0 Å². The van der Waals surface area contributed by atoms with Crippen molar-refractivity contribution in [3.63, 3.8) is 0 Å². The number of benzene rings is 1. The molecule has 0 fully saturated rings. The molecule has 1 aromatic heterocycles. The van der Waals surface area contributed by atoms with Gasteiger partial charge in [-0.2, -0.15) is 0 Å². The van der Waals surface area contributed by atoms with Crippen LogP contribution in [-0.4, -0.2) is 36.6 Å². The second kappa shape index (κ2) is 8.38. The Balaban J connectivity index is 2.48. The molecule has 0 saturated carbocycles. The number of hydrogen-bond acceptors (Lipinski definition) is 4. The van der Waals surface area contributed by atoms with Crippen molar-refractivity contribution in [3.8, 4) is 0 Å². The van der Waals surface area contributed by atoms with E-state index in [1.165, 1.54) is 13.2 Å². The molecule has 2 rings (SSSR count). The van der Waals surface area contributed by atoms with Crippen LogP contribution >= 0.6 is 0 Å². The highest BCUT2D eigenvalue weighted by molar-refractivity contribution is 5.99. The van der Waals surface area contributed by atoms with Crippen LogP contribution < -0.4 is 0 Å². The molecule has 0 saturated heterocycles. The van der Waals surface area contributed by atoms with Gasteiger partial charge >= 0.3 is 5.97 Å².